The third kappa shape index (κ3) is 3.39. The van der Waals surface area contributed by atoms with Gasteiger partial charge in [-0.15, -0.1) is 11.3 Å². The highest BCUT2D eigenvalue weighted by atomic mass is 32.1. The molecule has 1 heterocycles. The topological polar surface area (TPSA) is 68.1 Å². The Hall–Kier alpha value is -1.53. The van der Waals surface area contributed by atoms with Crippen LogP contribution in [0.2, 0.25) is 0 Å². The van der Waals surface area contributed by atoms with E-state index in [4.69, 9.17) is 0 Å². The fourth-order valence-corrected chi connectivity index (χ4v) is 3.16. The normalized spacial score (nSPS) is 13.5. The number of nitro groups is 1. The predicted molar refractivity (Wildman–Crippen MR) is 86.9 cm³/mol. The fraction of sp³-hybridized carbons (Fsp3) is 0.533. The van der Waals surface area contributed by atoms with Crippen molar-refractivity contribution >= 4 is 27.2 Å². The highest BCUT2D eigenvalue weighted by Gasteiger charge is 2.28. The minimum atomic E-state index is -0.303. The first-order chi connectivity index (χ1) is 9.84. The molecule has 21 heavy (non-hydrogen) atoms. The van der Waals surface area contributed by atoms with Crippen LogP contribution in [-0.4, -0.2) is 22.5 Å². The van der Waals surface area contributed by atoms with E-state index < -0.39 is 0 Å². The second kappa shape index (κ2) is 6.07. The summed E-state index contributed by atoms with van der Waals surface area (Å²) in [7, 11) is 0. The van der Waals surface area contributed by atoms with E-state index in [1.807, 2.05) is 12.1 Å². The zero-order chi connectivity index (χ0) is 15.6. The van der Waals surface area contributed by atoms with Crippen molar-refractivity contribution in [3.8, 4) is 0 Å². The number of nitrogens with one attached hydrogen (secondary N) is 1. The maximum Gasteiger partial charge on any atom is 0.299 e. The summed E-state index contributed by atoms with van der Waals surface area (Å²) in [4.78, 5) is 15.3. The number of likely N-dealkylation sites (N-methyl/N-ethyl adjacent to an activating group) is 1. The molecular weight excluding hydrogens is 286 g/mol. The summed E-state index contributed by atoms with van der Waals surface area (Å²) in [6.45, 7) is 9.33. The SMILES string of the molecule is CCNC(Cc1ccc2scnc2c1[N+](=O)[O-])C(C)(C)C. The predicted octanol–water partition coefficient (Wildman–Crippen LogP) is 3.77. The summed E-state index contributed by atoms with van der Waals surface area (Å²) in [5.41, 5.74) is 3.10. The van der Waals surface area contributed by atoms with Crippen LogP contribution in [0.5, 0.6) is 0 Å². The van der Waals surface area contributed by atoms with E-state index in [0.29, 0.717) is 11.9 Å². The molecular formula is C15H21N3O2S. The van der Waals surface area contributed by atoms with Gasteiger partial charge < -0.3 is 5.32 Å². The fourth-order valence-electron chi connectivity index (χ4n) is 2.48. The van der Waals surface area contributed by atoms with Crippen molar-refractivity contribution in [3.63, 3.8) is 0 Å². The number of thiazole rings is 1. The van der Waals surface area contributed by atoms with E-state index in [-0.39, 0.29) is 22.1 Å². The highest BCUT2D eigenvalue weighted by molar-refractivity contribution is 7.16. The van der Waals surface area contributed by atoms with Gasteiger partial charge in [0.05, 0.1) is 15.1 Å². The summed E-state index contributed by atoms with van der Waals surface area (Å²) in [5.74, 6) is 0. The minimum Gasteiger partial charge on any atom is -0.313 e. The van der Waals surface area contributed by atoms with E-state index in [0.717, 1.165) is 16.8 Å². The van der Waals surface area contributed by atoms with Crippen LogP contribution in [0.4, 0.5) is 5.69 Å². The van der Waals surface area contributed by atoms with Gasteiger partial charge in [-0.25, -0.2) is 4.98 Å². The Labute approximate surface area is 128 Å². The van der Waals surface area contributed by atoms with Crippen LogP contribution in [0.3, 0.4) is 0 Å². The van der Waals surface area contributed by atoms with Crippen LogP contribution in [-0.2, 0) is 6.42 Å². The van der Waals surface area contributed by atoms with Gasteiger partial charge in [0, 0.05) is 11.6 Å². The van der Waals surface area contributed by atoms with Gasteiger partial charge in [-0.2, -0.15) is 0 Å². The molecule has 0 fully saturated rings. The quantitative estimate of drug-likeness (QED) is 0.674. The molecule has 0 saturated heterocycles. The molecule has 0 aliphatic rings. The van der Waals surface area contributed by atoms with Gasteiger partial charge in [-0.05, 0) is 24.4 Å². The van der Waals surface area contributed by atoms with E-state index in [1.54, 1.807) is 5.51 Å². The molecule has 0 saturated carbocycles. The molecule has 0 bridgehead atoms. The van der Waals surface area contributed by atoms with Crippen LogP contribution < -0.4 is 5.32 Å². The van der Waals surface area contributed by atoms with Gasteiger partial charge in [0.15, 0.2) is 5.52 Å². The Kier molecular flexibility index (Phi) is 4.58. The molecule has 114 valence electrons. The molecule has 0 radical (unpaired) electrons. The second-order valence-corrected chi connectivity index (χ2v) is 7.10. The molecule has 1 aromatic carbocycles. The Morgan fingerprint density at radius 2 is 2.14 bits per heavy atom. The molecule has 5 nitrogen and oxygen atoms in total. The van der Waals surface area contributed by atoms with E-state index in [1.165, 1.54) is 11.3 Å². The van der Waals surface area contributed by atoms with Gasteiger partial charge in [0.25, 0.3) is 5.69 Å². The molecule has 2 aromatic rings. The maximum absolute atomic E-state index is 11.5. The average molecular weight is 307 g/mol. The minimum absolute atomic E-state index is 0.0287. The molecule has 1 unspecified atom stereocenters. The number of rotatable bonds is 5. The zero-order valence-electron chi connectivity index (χ0n) is 12.8. The van der Waals surface area contributed by atoms with Crippen molar-refractivity contribution < 1.29 is 4.92 Å². The third-order valence-electron chi connectivity index (χ3n) is 3.66. The Morgan fingerprint density at radius 1 is 1.43 bits per heavy atom. The van der Waals surface area contributed by atoms with Crippen LogP contribution in [0, 0.1) is 15.5 Å². The van der Waals surface area contributed by atoms with Crippen molar-refractivity contribution in [1.29, 1.82) is 0 Å². The number of aromatic nitrogens is 1. The average Bonchev–Trinajstić information content (AvgIpc) is 2.84. The number of fused-ring (bicyclic) bond motifs is 1. The Balaban J connectivity index is 2.45. The largest absolute Gasteiger partial charge is 0.313 e. The Bertz CT molecular complexity index is 646. The summed E-state index contributed by atoms with van der Waals surface area (Å²) in [5, 5.41) is 14.9. The number of hydrogen-bond acceptors (Lipinski definition) is 5. The first kappa shape index (κ1) is 15.9. The maximum atomic E-state index is 11.5. The van der Waals surface area contributed by atoms with Crippen LogP contribution in [0.15, 0.2) is 17.6 Å². The van der Waals surface area contributed by atoms with Crippen LogP contribution in [0.25, 0.3) is 10.2 Å². The lowest BCUT2D eigenvalue weighted by Gasteiger charge is -2.31. The highest BCUT2D eigenvalue weighted by Crippen LogP contribution is 2.33. The van der Waals surface area contributed by atoms with Gasteiger partial charge in [0.2, 0.25) is 0 Å². The summed E-state index contributed by atoms with van der Waals surface area (Å²) in [6, 6.07) is 3.98. The van der Waals surface area contributed by atoms with E-state index >= 15 is 0 Å². The van der Waals surface area contributed by atoms with Crippen molar-refractivity contribution in [1.82, 2.24) is 10.3 Å². The molecule has 6 heteroatoms. The first-order valence-corrected chi connectivity index (χ1v) is 7.95. The lowest BCUT2D eigenvalue weighted by molar-refractivity contribution is -0.384. The van der Waals surface area contributed by atoms with Gasteiger partial charge >= 0.3 is 0 Å². The lowest BCUT2D eigenvalue weighted by atomic mass is 9.82. The zero-order valence-corrected chi connectivity index (χ0v) is 13.7. The van der Waals surface area contributed by atoms with Gasteiger partial charge in [-0.1, -0.05) is 33.8 Å². The van der Waals surface area contributed by atoms with Crippen LogP contribution in [0.1, 0.15) is 33.3 Å². The third-order valence-corrected chi connectivity index (χ3v) is 4.46. The summed E-state index contributed by atoms with van der Waals surface area (Å²) >= 11 is 1.43. The van der Waals surface area contributed by atoms with Crippen molar-refractivity contribution in [3.05, 3.63) is 33.3 Å². The molecule has 2 rings (SSSR count). The van der Waals surface area contributed by atoms with Crippen molar-refractivity contribution in [2.75, 3.05) is 6.54 Å². The first-order valence-electron chi connectivity index (χ1n) is 7.07. The van der Waals surface area contributed by atoms with Crippen molar-refractivity contribution in [2.24, 2.45) is 5.41 Å². The molecule has 0 amide bonds. The number of benzene rings is 1. The van der Waals surface area contributed by atoms with Crippen LogP contribution >= 0.6 is 11.3 Å². The molecule has 1 N–H and O–H groups in total. The monoisotopic (exact) mass is 307 g/mol. The smallest absolute Gasteiger partial charge is 0.299 e. The Morgan fingerprint density at radius 3 is 2.71 bits per heavy atom. The second-order valence-electron chi connectivity index (χ2n) is 6.21. The van der Waals surface area contributed by atoms with E-state index in [9.17, 15) is 10.1 Å². The number of hydrogen-bond donors (Lipinski definition) is 1. The molecule has 0 aliphatic carbocycles. The standard InChI is InChI=1S/C15H21N3O2S/c1-5-16-12(15(2,3)4)8-10-6-7-11-13(17-9-21-11)14(10)18(19)20/h6-7,9,12,16H,5,8H2,1-4H3. The summed E-state index contributed by atoms with van der Waals surface area (Å²) in [6.07, 6.45) is 0.626. The van der Waals surface area contributed by atoms with Gasteiger partial charge in [-0.3, -0.25) is 10.1 Å². The molecule has 0 spiro atoms. The molecule has 1 aromatic heterocycles. The number of nitrogens with zero attached hydrogens (tertiary/aromatic N) is 2. The molecule has 1 atom stereocenters. The lowest BCUT2D eigenvalue weighted by Crippen LogP contribution is -2.42. The number of nitro benzene ring substituents is 1. The molecule has 0 aliphatic heterocycles. The van der Waals surface area contributed by atoms with E-state index in [2.05, 4.69) is 38.0 Å². The van der Waals surface area contributed by atoms with Crippen molar-refractivity contribution in [2.45, 2.75) is 40.2 Å². The van der Waals surface area contributed by atoms with Gasteiger partial charge in [0.1, 0.15) is 0 Å². The summed E-state index contributed by atoms with van der Waals surface area (Å²) < 4.78 is 0.862.